The molecule has 0 heteroatoms. The van der Waals surface area contributed by atoms with Crippen molar-refractivity contribution < 1.29 is 0 Å². The summed E-state index contributed by atoms with van der Waals surface area (Å²) in [5.41, 5.74) is 0.596. The Hall–Kier alpha value is 0. The van der Waals surface area contributed by atoms with E-state index in [9.17, 15) is 0 Å². The monoisotopic (exact) mass is 140 g/mol. The summed E-state index contributed by atoms with van der Waals surface area (Å²) in [5, 5.41) is 0. The second kappa shape index (κ2) is 2.25. The van der Waals surface area contributed by atoms with Gasteiger partial charge in [0.1, 0.15) is 0 Å². The lowest BCUT2D eigenvalue weighted by atomic mass is 9.81. The first-order valence-corrected chi connectivity index (χ1v) is 4.45. The Balaban J connectivity index is 2.71. The Morgan fingerprint density at radius 1 is 1.10 bits per heavy atom. The van der Waals surface area contributed by atoms with E-state index in [0.717, 1.165) is 17.8 Å². The molecule has 0 amide bonds. The quantitative estimate of drug-likeness (QED) is 0.484. The van der Waals surface area contributed by atoms with Crippen LogP contribution in [0.25, 0.3) is 0 Å². The standard InChI is InChI=1S/C10H20/c1-7-6-10(4,5)9(3)8(7)2/h7-9H,6H2,1-5H3. The van der Waals surface area contributed by atoms with Gasteiger partial charge in [0.15, 0.2) is 0 Å². The van der Waals surface area contributed by atoms with Gasteiger partial charge in [0.25, 0.3) is 0 Å². The van der Waals surface area contributed by atoms with Crippen molar-refractivity contribution in [3.8, 4) is 0 Å². The van der Waals surface area contributed by atoms with Gasteiger partial charge in [-0.25, -0.2) is 0 Å². The molecule has 0 aromatic carbocycles. The Kier molecular flexibility index (Phi) is 1.82. The summed E-state index contributed by atoms with van der Waals surface area (Å²) in [6, 6.07) is 0. The van der Waals surface area contributed by atoms with Gasteiger partial charge in [-0.05, 0) is 29.6 Å². The van der Waals surface area contributed by atoms with Gasteiger partial charge in [0.05, 0.1) is 0 Å². The smallest absolute Gasteiger partial charge is 0.0323 e. The third kappa shape index (κ3) is 1.09. The highest BCUT2D eigenvalue weighted by atomic mass is 14.5. The van der Waals surface area contributed by atoms with E-state index in [1.807, 2.05) is 0 Å². The number of hydrogen-bond donors (Lipinski definition) is 0. The lowest BCUT2D eigenvalue weighted by Crippen LogP contribution is -2.17. The van der Waals surface area contributed by atoms with Crippen molar-refractivity contribution in [1.29, 1.82) is 0 Å². The second-order valence-corrected chi connectivity index (χ2v) is 4.82. The highest BCUT2D eigenvalue weighted by Gasteiger charge is 2.40. The predicted molar refractivity (Wildman–Crippen MR) is 45.9 cm³/mol. The minimum Gasteiger partial charge on any atom is -0.0622 e. The van der Waals surface area contributed by atoms with Crippen LogP contribution in [0.3, 0.4) is 0 Å². The molecule has 1 rings (SSSR count). The van der Waals surface area contributed by atoms with E-state index in [4.69, 9.17) is 0 Å². The molecule has 0 aromatic heterocycles. The van der Waals surface area contributed by atoms with Gasteiger partial charge in [-0.1, -0.05) is 34.6 Å². The molecule has 1 aliphatic rings. The molecule has 0 aliphatic heterocycles. The molecule has 60 valence electrons. The van der Waals surface area contributed by atoms with Crippen LogP contribution < -0.4 is 0 Å². The van der Waals surface area contributed by atoms with Crippen LogP contribution in [0.2, 0.25) is 0 Å². The van der Waals surface area contributed by atoms with E-state index in [1.54, 1.807) is 0 Å². The Bertz CT molecular complexity index is 124. The summed E-state index contributed by atoms with van der Waals surface area (Å²) in [7, 11) is 0. The van der Waals surface area contributed by atoms with Crippen molar-refractivity contribution in [3.05, 3.63) is 0 Å². The summed E-state index contributed by atoms with van der Waals surface area (Å²) >= 11 is 0. The third-order valence-corrected chi connectivity index (χ3v) is 3.77. The van der Waals surface area contributed by atoms with Crippen LogP contribution in [-0.4, -0.2) is 0 Å². The Morgan fingerprint density at radius 2 is 1.60 bits per heavy atom. The van der Waals surface area contributed by atoms with Gasteiger partial charge in [-0.2, -0.15) is 0 Å². The predicted octanol–water partition coefficient (Wildman–Crippen LogP) is 3.32. The molecule has 0 bridgehead atoms. The summed E-state index contributed by atoms with van der Waals surface area (Å²) < 4.78 is 0. The van der Waals surface area contributed by atoms with Crippen LogP contribution >= 0.6 is 0 Å². The first kappa shape index (κ1) is 8.10. The summed E-state index contributed by atoms with van der Waals surface area (Å²) in [5.74, 6) is 2.77. The SMILES string of the molecule is CC1CC(C)(C)C(C)C1C. The molecule has 0 saturated heterocycles. The molecule has 3 atom stereocenters. The fourth-order valence-electron chi connectivity index (χ4n) is 2.41. The molecule has 0 spiro atoms. The summed E-state index contributed by atoms with van der Waals surface area (Å²) in [4.78, 5) is 0. The molecule has 1 saturated carbocycles. The van der Waals surface area contributed by atoms with Gasteiger partial charge >= 0.3 is 0 Å². The highest BCUT2D eigenvalue weighted by Crippen LogP contribution is 2.48. The zero-order valence-electron chi connectivity index (χ0n) is 7.94. The molecule has 0 N–H and O–H groups in total. The molecule has 10 heavy (non-hydrogen) atoms. The molecule has 1 aliphatic carbocycles. The first-order valence-electron chi connectivity index (χ1n) is 4.45. The van der Waals surface area contributed by atoms with Crippen LogP contribution in [0.1, 0.15) is 41.0 Å². The molecular weight excluding hydrogens is 120 g/mol. The van der Waals surface area contributed by atoms with E-state index in [0.29, 0.717) is 5.41 Å². The van der Waals surface area contributed by atoms with Gasteiger partial charge in [0, 0.05) is 0 Å². The van der Waals surface area contributed by atoms with Gasteiger partial charge in [-0.3, -0.25) is 0 Å². The largest absolute Gasteiger partial charge is 0.0622 e. The highest BCUT2D eigenvalue weighted by molar-refractivity contribution is 4.90. The third-order valence-electron chi connectivity index (χ3n) is 3.77. The van der Waals surface area contributed by atoms with Crippen molar-refractivity contribution >= 4 is 0 Å². The van der Waals surface area contributed by atoms with Gasteiger partial charge in [0.2, 0.25) is 0 Å². The zero-order valence-corrected chi connectivity index (χ0v) is 7.94. The van der Waals surface area contributed by atoms with Crippen LogP contribution in [0.4, 0.5) is 0 Å². The van der Waals surface area contributed by atoms with E-state index in [-0.39, 0.29) is 0 Å². The second-order valence-electron chi connectivity index (χ2n) is 4.82. The summed E-state index contributed by atoms with van der Waals surface area (Å²) in [6.07, 6.45) is 1.41. The first-order chi connectivity index (χ1) is 4.45. The fraction of sp³-hybridized carbons (Fsp3) is 1.00. The molecule has 0 heterocycles. The van der Waals surface area contributed by atoms with Crippen LogP contribution in [0.5, 0.6) is 0 Å². The maximum atomic E-state index is 2.40. The molecular formula is C10H20. The van der Waals surface area contributed by atoms with Crippen molar-refractivity contribution in [3.63, 3.8) is 0 Å². The number of hydrogen-bond acceptors (Lipinski definition) is 0. The lowest BCUT2D eigenvalue weighted by Gasteiger charge is -2.25. The maximum absolute atomic E-state index is 2.40. The van der Waals surface area contributed by atoms with E-state index >= 15 is 0 Å². The minimum atomic E-state index is 0.596. The Morgan fingerprint density at radius 3 is 1.70 bits per heavy atom. The average Bonchev–Trinajstić information content (AvgIpc) is 1.95. The molecule has 0 nitrogen and oxygen atoms in total. The van der Waals surface area contributed by atoms with E-state index < -0.39 is 0 Å². The van der Waals surface area contributed by atoms with Gasteiger partial charge < -0.3 is 0 Å². The molecule has 1 fully saturated rings. The molecule has 3 unspecified atom stereocenters. The van der Waals surface area contributed by atoms with Crippen molar-refractivity contribution in [1.82, 2.24) is 0 Å². The summed E-state index contributed by atoms with van der Waals surface area (Å²) in [6.45, 7) is 12.0. The van der Waals surface area contributed by atoms with Crippen molar-refractivity contribution in [2.75, 3.05) is 0 Å². The van der Waals surface area contributed by atoms with E-state index in [1.165, 1.54) is 6.42 Å². The van der Waals surface area contributed by atoms with Crippen molar-refractivity contribution in [2.24, 2.45) is 23.2 Å². The topological polar surface area (TPSA) is 0 Å². The average molecular weight is 140 g/mol. The maximum Gasteiger partial charge on any atom is -0.0323 e. The normalized spacial score (nSPS) is 45.9. The molecule has 0 radical (unpaired) electrons. The van der Waals surface area contributed by atoms with Crippen LogP contribution in [0, 0.1) is 23.2 Å². The van der Waals surface area contributed by atoms with Crippen LogP contribution in [0.15, 0.2) is 0 Å². The zero-order chi connectivity index (χ0) is 7.94. The van der Waals surface area contributed by atoms with Crippen molar-refractivity contribution in [2.45, 2.75) is 41.0 Å². The van der Waals surface area contributed by atoms with Gasteiger partial charge in [-0.15, -0.1) is 0 Å². The molecule has 0 aromatic rings. The van der Waals surface area contributed by atoms with Crippen LogP contribution in [-0.2, 0) is 0 Å². The minimum absolute atomic E-state index is 0.596. The Labute approximate surface area is 65.0 Å². The van der Waals surface area contributed by atoms with E-state index in [2.05, 4.69) is 34.6 Å². The fourth-order valence-corrected chi connectivity index (χ4v) is 2.41. The lowest BCUT2D eigenvalue weighted by molar-refractivity contribution is 0.247. The number of rotatable bonds is 0.